The Morgan fingerprint density at radius 1 is 0.935 bits per heavy atom. The van der Waals surface area contributed by atoms with Gasteiger partial charge in [0.25, 0.3) is 5.69 Å². The van der Waals surface area contributed by atoms with E-state index in [0.717, 1.165) is 16.7 Å². The summed E-state index contributed by atoms with van der Waals surface area (Å²) in [4.78, 5) is 35.8. The molecule has 4 aromatic rings. The third kappa shape index (κ3) is 4.00. The highest BCUT2D eigenvalue weighted by Crippen LogP contribution is 2.23. The van der Waals surface area contributed by atoms with Gasteiger partial charge in [-0.2, -0.15) is 0 Å². The number of fused-ring (bicyclic) bond motifs is 1. The lowest BCUT2D eigenvalue weighted by Gasteiger charge is -2.07. The molecule has 0 N–H and O–H groups in total. The van der Waals surface area contributed by atoms with Gasteiger partial charge in [-0.3, -0.25) is 19.7 Å². The topological polar surface area (TPSA) is 81.7 Å². The van der Waals surface area contributed by atoms with Crippen LogP contribution in [0.15, 0.2) is 72.9 Å². The van der Waals surface area contributed by atoms with Gasteiger partial charge in [0.1, 0.15) is 0 Å². The molecule has 0 aliphatic carbocycles. The van der Waals surface area contributed by atoms with Crippen LogP contribution in [0, 0.1) is 17.0 Å². The first-order chi connectivity index (χ1) is 14.8. The van der Waals surface area contributed by atoms with Crippen LogP contribution in [0.1, 0.15) is 50.0 Å². The fraction of sp³-hybridized carbons (Fsp3) is 0.120. The molecule has 2 aromatic carbocycles. The maximum absolute atomic E-state index is 13.1. The van der Waals surface area contributed by atoms with Gasteiger partial charge in [0, 0.05) is 29.5 Å². The highest BCUT2D eigenvalue weighted by atomic mass is 16.6. The lowest BCUT2D eigenvalue weighted by atomic mass is 10.0. The van der Waals surface area contributed by atoms with Gasteiger partial charge in [-0.1, -0.05) is 42.0 Å². The minimum absolute atomic E-state index is 0.0453. The van der Waals surface area contributed by atoms with Gasteiger partial charge in [-0.15, -0.1) is 0 Å². The van der Waals surface area contributed by atoms with E-state index in [0.29, 0.717) is 28.8 Å². The standard InChI is InChI=1S/C25H20N2O4/c1-16-3-7-20(8-4-16)25(29)24-15-22(17(2)28)23-14-19(11-12-26(23)24)13-18-5-9-21(10-6-18)27(30)31/h3-12,14-15H,13H2,1-2H3. The molecule has 2 heterocycles. The number of aromatic nitrogens is 1. The molecule has 6 heteroatoms. The van der Waals surface area contributed by atoms with E-state index >= 15 is 0 Å². The SMILES string of the molecule is CC(=O)c1cc(C(=O)c2ccc(C)cc2)n2ccc(Cc3ccc([N+](=O)[O-])cc3)cc12. The van der Waals surface area contributed by atoms with Crippen molar-refractivity contribution in [2.75, 3.05) is 0 Å². The summed E-state index contributed by atoms with van der Waals surface area (Å²) in [6.07, 6.45) is 2.35. The van der Waals surface area contributed by atoms with Gasteiger partial charge >= 0.3 is 0 Å². The number of hydrogen-bond donors (Lipinski definition) is 0. The monoisotopic (exact) mass is 412 g/mol. The number of benzene rings is 2. The highest BCUT2D eigenvalue weighted by molar-refractivity contribution is 6.12. The number of aryl methyl sites for hydroxylation is 1. The average molecular weight is 412 g/mol. The van der Waals surface area contributed by atoms with Crippen molar-refractivity contribution in [1.82, 2.24) is 4.40 Å². The summed E-state index contributed by atoms with van der Waals surface area (Å²) < 4.78 is 1.75. The molecule has 0 radical (unpaired) electrons. The molecule has 0 atom stereocenters. The number of rotatable bonds is 6. The van der Waals surface area contributed by atoms with Crippen molar-refractivity contribution in [3.63, 3.8) is 0 Å². The van der Waals surface area contributed by atoms with Crippen LogP contribution in [-0.4, -0.2) is 20.9 Å². The summed E-state index contributed by atoms with van der Waals surface area (Å²) in [5, 5.41) is 10.8. The molecule has 154 valence electrons. The molecule has 31 heavy (non-hydrogen) atoms. The number of pyridine rings is 1. The Morgan fingerprint density at radius 3 is 2.23 bits per heavy atom. The van der Waals surface area contributed by atoms with E-state index in [2.05, 4.69) is 0 Å². The number of nitro groups is 1. The molecule has 0 spiro atoms. The molecule has 4 rings (SSSR count). The Kier molecular flexibility index (Phi) is 5.21. The van der Waals surface area contributed by atoms with Gasteiger partial charge in [0.15, 0.2) is 5.78 Å². The van der Waals surface area contributed by atoms with E-state index in [1.54, 1.807) is 40.9 Å². The van der Waals surface area contributed by atoms with Gasteiger partial charge in [0.05, 0.1) is 16.1 Å². The normalized spacial score (nSPS) is 10.9. The van der Waals surface area contributed by atoms with Crippen LogP contribution < -0.4 is 0 Å². The van der Waals surface area contributed by atoms with Gasteiger partial charge in [-0.25, -0.2) is 0 Å². The van der Waals surface area contributed by atoms with Gasteiger partial charge in [-0.05, 0) is 49.6 Å². The summed E-state index contributed by atoms with van der Waals surface area (Å²) in [5.74, 6) is -0.265. The Balaban J connectivity index is 1.72. The first-order valence-corrected chi connectivity index (χ1v) is 9.83. The first-order valence-electron chi connectivity index (χ1n) is 9.83. The smallest absolute Gasteiger partial charge is 0.269 e. The Morgan fingerprint density at radius 2 is 1.61 bits per heavy atom. The lowest BCUT2D eigenvalue weighted by molar-refractivity contribution is -0.384. The van der Waals surface area contributed by atoms with E-state index in [9.17, 15) is 19.7 Å². The summed E-state index contributed by atoms with van der Waals surface area (Å²) in [6.45, 7) is 3.44. The maximum atomic E-state index is 13.1. The molecule has 6 nitrogen and oxygen atoms in total. The maximum Gasteiger partial charge on any atom is 0.269 e. The number of carbonyl (C=O) groups excluding carboxylic acids is 2. The zero-order valence-electron chi connectivity index (χ0n) is 17.2. The molecular formula is C25H20N2O4. The van der Waals surface area contributed by atoms with Crippen LogP contribution in [0.2, 0.25) is 0 Å². The molecule has 0 unspecified atom stereocenters. The molecule has 0 saturated carbocycles. The minimum Gasteiger partial charge on any atom is -0.313 e. The average Bonchev–Trinajstić information content (AvgIpc) is 3.13. The summed E-state index contributed by atoms with van der Waals surface area (Å²) in [7, 11) is 0. The van der Waals surface area contributed by atoms with Crippen LogP contribution in [0.5, 0.6) is 0 Å². The summed E-state index contributed by atoms with van der Waals surface area (Å²) in [6, 6.07) is 19.2. The molecule has 2 aromatic heterocycles. The van der Waals surface area contributed by atoms with Crippen LogP contribution in [0.25, 0.3) is 5.52 Å². The Labute approximate surface area is 178 Å². The van der Waals surface area contributed by atoms with Crippen molar-refractivity contribution in [3.8, 4) is 0 Å². The zero-order chi connectivity index (χ0) is 22.1. The number of nitrogens with zero attached hydrogens (tertiary/aromatic N) is 2. The van der Waals surface area contributed by atoms with E-state index in [-0.39, 0.29) is 17.3 Å². The zero-order valence-corrected chi connectivity index (χ0v) is 17.2. The van der Waals surface area contributed by atoms with Gasteiger partial charge in [0.2, 0.25) is 5.78 Å². The van der Waals surface area contributed by atoms with E-state index in [1.807, 2.05) is 31.2 Å². The molecular weight excluding hydrogens is 392 g/mol. The fourth-order valence-electron chi connectivity index (χ4n) is 3.63. The molecule has 0 fully saturated rings. The molecule has 0 aliphatic rings. The number of hydrogen-bond acceptors (Lipinski definition) is 4. The second kappa shape index (κ2) is 7.99. The second-order valence-electron chi connectivity index (χ2n) is 7.59. The van der Waals surface area contributed by atoms with E-state index in [4.69, 9.17) is 0 Å². The van der Waals surface area contributed by atoms with Crippen molar-refractivity contribution in [3.05, 3.63) is 117 Å². The number of non-ortho nitro benzene ring substituents is 1. The van der Waals surface area contributed by atoms with Crippen molar-refractivity contribution < 1.29 is 14.5 Å². The number of nitro benzene ring substituents is 1. The minimum atomic E-state index is -0.428. The third-order valence-corrected chi connectivity index (χ3v) is 5.32. The summed E-state index contributed by atoms with van der Waals surface area (Å²) >= 11 is 0. The molecule has 0 saturated heterocycles. The lowest BCUT2D eigenvalue weighted by Crippen LogP contribution is -2.05. The Bertz CT molecular complexity index is 1320. The van der Waals surface area contributed by atoms with Crippen LogP contribution >= 0.6 is 0 Å². The van der Waals surface area contributed by atoms with Crippen molar-refractivity contribution in [2.45, 2.75) is 20.3 Å². The van der Waals surface area contributed by atoms with Crippen LogP contribution in [0.3, 0.4) is 0 Å². The van der Waals surface area contributed by atoms with E-state index in [1.165, 1.54) is 19.1 Å². The molecule has 0 amide bonds. The summed E-state index contributed by atoms with van der Waals surface area (Å²) in [5.41, 5.74) is 5.13. The molecule has 0 aliphatic heterocycles. The largest absolute Gasteiger partial charge is 0.313 e. The van der Waals surface area contributed by atoms with Crippen molar-refractivity contribution in [2.24, 2.45) is 0 Å². The van der Waals surface area contributed by atoms with Crippen LogP contribution in [0.4, 0.5) is 5.69 Å². The molecule has 0 bridgehead atoms. The van der Waals surface area contributed by atoms with Crippen LogP contribution in [-0.2, 0) is 6.42 Å². The fourth-order valence-corrected chi connectivity index (χ4v) is 3.63. The van der Waals surface area contributed by atoms with Crippen molar-refractivity contribution in [1.29, 1.82) is 0 Å². The highest BCUT2D eigenvalue weighted by Gasteiger charge is 2.19. The van der Waals surface area contributed by atoms with Crippen molar-refractivity contribution >= 4 is 22.8 Å². The van der Waals surface area contributed by atoms with E-state index < -0.39 is 4.92 Å². The Hall–Kier alpha value is -4.06. The van der Waals surface area contributed by atoms with Gasteiger partial charge < -0.3 is 4.40 Å². The predicted octanol–water partition coefficient (Wildman–Crippen LogP) is 5.18. The quantitative estimate of drug-likeness (QED) is 0.248. The number of Topliss-reactive ketones (excluding diaryl/α,β-unsaturated/α-hetero) is 1. The predicted molar refractivity (Wildman–Crippen MR) is 118 cm³/mol. The first kappa shape index (κ1) is 20.2. The number of ketones is 2. The number of carbonyl (C=O) groups is 2. The second-order valence-corrected chi connectivity index (χ2v) is 7.59. The third-order valence-electron chi connectivity index (χ3n) is 5.32.